The average molecular weight is 495 g/mol. The summed E-state index contributed by atoms with van der Waals surface area (Å²) in [5.41, 5.74) is 3.92. The quantitative estimate of drug-likeness (QED) is 0.394. The Morgan fingerprint density at radius 2 is 1.76 bits per heavy atom. The van der Waals surface area contributed by atoms with Crippen LogP contribution in [0.5, 0.6) is 0 Å². The summed E-state index contributed by atoms with van der Waals surface area (Å²) in [6.45, 7) is 2.42. The Bertz CT molecular complexity index is 1420. The van der Waals surface area contributed by atoms with E-state index >= 15 is 0 Å². The lowest BCUT2D eigenvalue weighted by molar-refractivity contribution is 0.0924. The molecule has 0 spiro atoms. The van der Waals surface area contributed by atoms with Gasteiger partial charge in [-0.1, -0.05) is 36.4 Å². The number of carbonyl (C=O) groups is 2. The largest absolute Gasteiger partial charge is 0.464 e. The number of benzene rings is 2. The molecule has 4 aromatic rings. The second kappa shape index (κ2) is 9.73. The normalized spacial score (nSPS) is 20.7. The minimum absolute atomic E-state index is 0.0438. The second-order valence-electron chi connectivity index (χ2n) is 10.1. The molecule has 7 nitrogen and oxygen atoms in total. The van der Waals surface area contributed by atoms with Crippen molar-refractivity contribution in [1.29, 1.82) is 0 Å². The number of anilines is 1. The van der Waals surface area contributed by atoms with Crippen molar-refractivity contribution in [1.82, 2.24) is 15.6 Å². The van der Waals surface area contributed by atoms with Crippen molar-refractivity contribution >= 4 is 28.6 Å². The molecule has 1 unspecified atom stereocenters. The smallest absolute Gasteiger partial charge is 0.253 e. The zero-order chi connectivity index (χ0) is 25.4. The van der Waals surface area contributed by atoms with Gasteiger partial charge in [0.25, 0.3) is 11.8 Å². The molecule has 3 atom stereocenters. The molecule has 2 N–H and O–H groups in total. The summed E-state index contributed by atoms with van der Waals surface area (Å²) in [6.07, 6.45) is 7.24. The number of fused-ring (bicyclic) bond motifs is 3. The molecule has 2 fully saturated rings. The maximum Gasteiger partial charge on any atom is 0.253 e. The van der Waals surface area contributed by atoms with E-state index in [9.17, 15) is 9.59 Å². The molecule has 37 heavy (non-hydrogen) atoms. The van der Waals surface area contributed by atoms with Gasteiger partial charge in [0, 0.05) is 47.4 Å². The van der Waals surface area contributed by atoms with Crippen LogP contribution in [0.25, 0.3) is 11.0 Å². The first-order valence-electron chi connectivity index (χ1n) is 12.9. The highest BCUT2D eigenvalue weighted by Crippen LogP contribution is 2.38. The Morgan fingerprint density at radius 1 is 0.973 bits per heavy atom. The number of pyridine rings is 1. The van der Waals surface area contributed by atoms with Gasteiger partial charge >= 0.3 is 0 Å². The number of aryl methyl sites for hydroxylation is 1. The number of piperidine rings is 1. The van der Waals surface area contributed by atoms with Gasteiger partial charge in [-0.15, -0.1) is 0 Å². The maximum absolute atomic E-state index is 13.1. The molecule has 2 saturated heterocycles. The van der Waals surface area contributed by atoms with Crippen molar-refractivity contribution in [2.45, 2.75) is 57.3 Å². The number of nitrogens with zero attached hydrogens (tertiary/aromatic N) is 2. The molecule has 7 heteroatoms. The highest BCUT2D eigenvalue weighted by atomic mass is 16.3. The van der Waals surface area contributed by atoms with E-state index in [4.69, 9.17) is 4.42 Å². The number of hydrogen-bond acceptors (Lipinski definition) is 5. The Morgan fingerprint density at radius 3 is 2.49 bits per heavy atom. The molecule has 2 amide bonds. The van der Waals surface area contributed by atoms with E-state index in [2.05, 4.69) is 20.5 Å². The molecule has 6 rings (SSSR count). The summed E-state index contributed by atoms with van der Waals surface area (Å²) in [7, 11) is 0. The molecule has 2 aromatic carbocycles. The third kappa shape index (κ3) is 4.57. The predicted octanol–water partition coefficient (Wildman–Crippen LogP) is 5.00. The van der Waals surface area contributed by atoms with Crippen LogP contribution >= 0.6 is 0 Å². The van der Waals surface area contributed by atoms with E-state index in [0.717, 1.165) is 53.6 Å². The molecule has 2 aromatic heterocycles. The van der Waals surface area contributed by atoms with E-state index in [0.29, 0.717) is 29.8 Å². The van der Waals surface area contributed by atoms with E-state index in [1.807, 2.05) is 67.6 Å². The number of hydrogen-bond donors (Lipinski definition) is 2. The van der Waals surface area contributed by atoms with E-state index in [1.165, 1.54) is 0 Å². The van der Waals surface area contributed by atoms with Crippen molar-refractivity contribution in [2.24, 2.45) is 0 Å². The van der Waals surface area contributed by atoms with Crippen molar-refractivity contribution in [3.05, 3.63) is 95.4 Å². The molecule has 0 saturated carbocycles. The number of aromatic nitrogens is 1. The van der Waals surface area contributed by atoms with Crippen LogP contribution < -0.4 is 15.5 Å². The van der Waals surface area contributed by atoms with Gasteiger partial charge in [0.05, 0.1) is 11.8 Å². The zero-order valence-corrected chi connectivity index (χ0v) is 20.8. The first-order valence-corrected chi connectivity index (χ1v) is 12.9. The van der Waals surface area contributed by atoms with Gasteiger partial charge in [0.1, 0.15) is 11.4 Å². The summed E-state index contributed by atoms with van der Waals surface area (Å²) in [4.78, 5) is 32.7. The fourth-order valence-electron chi connectivity index (χ4n) is 5.91. The molecule has 0 aliphatic carbocycles. The molecular weight excluding hydrogens is 464 g/mol. The third-order valence-corrected chi connectivity index (χ3v) is 7.75. The van der Waals surface area contributed by atoms with Gasteiger partial charge in [0.15, 0.2) is 0 Å². The van der Waals surface area contributed by atoms with Gasteiger partial charge in [0.2, 0.25) is 0 Å². The molecule has 2 aliphatic rings. The summed E-state index contributed by atoms with van der Waals surface area (Å²) < 4.78 is 5.57. The number of furan rings is 1. The predicted molar refractivity (Wildman–Crippen MR) is 143 cm³/mol. The molecule has 4 heterocycles. The summed E-state index contributed by atoms with van der Waals surface area (Å²) in [5.74, 6) is 0.726. The van der Waals surface area contributed by atoms with Crippen LogP contribution in [0.1, 0.15) is 57.5 Å². The third-order valence-electron chi connectivity index (χ3n) is 7.75. The van der Waals surface area contributed by atoms with E-state index < -0.39 is 0 Å². The Labute approximate surface area is 215 Å². The van der Waals surface area contributed by atoms with Crippen molar-refractivity contribution in [3.63, 3.8) is 0 Å². The molecular formula is C30H30N4O3. The van der Waals surface area contributed by atoms with Crippen LogP contribution in [-0.4, -0.2) is 34.9 Å². The average Bonchev–Trinajstić information content (AvgIpc) is 3.51. The summed E-state index contributed by atoms with van der Waals surface area (Å²) in [5, 5.41) is 7.24. The zero-order valence-electron chi connectivity index (χ0n) is 20.8. The van der Waals surface area contributed by atoms with Gasteiger partial charge in [-0.3, -0.25) is 9.59 Å². The lowest BCUT2D eigenvalue weighted by atomic mass is 9.96. The fourth-order valence-corrected chi connectivity index (χ4v) is 5.91. The van der Waals surface area contributed by atoms with E-state index in [-0.39, 0.29) is 17.9 Å². The minimum Gasteiger partial charge on any atom is -0.464 e. The first-order chi connectivity index (χ1) is 18.1. The van der Waals surface area contributed by atoms with Crippen molar-refractivity contribution in [2.75, 3.05) is 4.90 Å². The van der Waals surface area contributed by atoms with Crippen molar-refractivity contribution in [3.8, 4) is 0 Å². The van der Waals surface area contributed by atoms with Crippen LogP contribution in [0.2, 0.25) is 0 Å². The van der Waals surface area contributed by atoms with Crippen LogP contribution in [0.4, 0.5) is 5.82 Å². The van der Waals surface area contributed by atoms with E-state index in [1.54, 1.807) is 12.5 Å². The maximum atomic E-state index is 13.1. The Kier molecular flexibility index (Phi) is 6.12. The Hall–Kier alpha value is -4.13. The number of amides is 2. The Balaban J connectivity index is 1.08. The van der Waals surface area contributed by atoms with Crippen LogP contribution in [0, 0.1) is 6.92 Å². The van der Waals surface area contributed by atoms with Crippen molar-refractivity contribution < 1.29 is 14.0 Å². The monoisotopic (exact) mass is 494 g/mol. The number of rotatable bonds is 6. The van der Waals surface area contributed by atoms with Gasteiger partial charge in [-0.2, -0.15) is 0 Å². The number of nitrogens with one attached hydrogen (secondary N) is 2. The number of carbonyl (C=O) groups excluding carboxylic acids is 2. The molecule has 2 bridgehead atoms. The van der Waals surface area contributed by atoms with Crippen LogP contribution in [0.3, 0.4) is 0 Å². The standard InChI is InChI=1S/C30H30N4O3/c1-19-26(11-7-21-13-14-37-28(19)21)30(36)33-23-15-24-9-10-25(16-23)34(24)27-12-8-22(18-31-27)29(35)32-17-20-5-3-2-4-6-20/h2-8,11-14,18,23-25H,9-10,15-17H2,1H3,(H,32,35)(H,33,36)/t23?,24-,25+. The second-order valence-corrected chi connectivity index (χ2v) is 10.1. The van der Waals surface area contributed by atoms with Gasteiger partial charge < -0.3 is 20.0 Å². The van der Waals surface area contributed by atoms with Gasteiger partial charge in [-0.25, -0.2) is 4.98 Å². The summed E-state index contributed by atoms with van der Waals surface area (Å²) in [6, 6.07) is 20.1. The topological polar surface area (TPSA) is 87.5 Å². The fraction of sp³-hybridized carbons (Fsp3) is 0.300. The lowest BCUT2D eigenvalue weighted by Crippen LogP contribution is -2.50. The summed E-state index contributed by atoms with van der Waals surface area (Å²) >= 11 is 0. The molecule has 188 valence electrons. The van der Waals surface area contributed by atoms with Gasteiger partial charge in [-0.05, 0) is 62.4 Å². The highest BCUT2D eigenvalue weighted by Gasteiger charge is 2.42. The minimum atomic E-state index is -0.129. The SMILES string of the molecule is Cc1c(C(=O)NC2C[C@H]3CC[C@@H](C2)N3c2ccc(C(=O)NCc3ccccc3)cn2)ccc2ccoc12. The van der Waals surface area contributed by atoms with Crippen LogP contribution in [0.15, 0.2) is 77.5 Å². The molecule has 0 radical (unpaired) electrons. The highest BCUT2D eigenvalue weighted by molar-refractivity contribution is 6.00. The lowest BCUT2D eigenvalue weighted by Gasteiger charge is -2.40. The first kappa shape index (κ1) is 23.3. The molecule has 2 aliphatic heterocycles. The van der Waals surface area contributed by atoms with Crippen LogP contribution in [-0.2, 0) is 6.54 Å².